The van der Waals surface area contributed by atoms with E-state index >= 15 is 0 Å². The molecule has 1 aromatic carbocycles. The van der Waals surface area contributed by atoms with E-state index in [0.29, 0.717) is 0 Å². The number of hydrogen-bond donors (Lipinski definition) is 1. The van der Waals surface area contributed by atoms with E-state index in [0.717, 1.165) is 24.6 Å². The maximum Gasteiger partial charge on any atom is 0.122 e. The highest BCUT2D eigenvalue weighted by atomic mass is 16.5. The second kappa shape index (κ2) is 6.06. The number of methoxy groups -OCH3 is 1. The van der Waals surface area contributed by atoms with Crippen molar-refractivity contribution in [2.75, 3.05) is 20.2 Å². The van der Waals surface area contributed by atoms with Crippen molar-refractivity contribution in [3.63, 3.8) is 0 Å². The van der Waals surface area contributed by atoms with Crippen LogP contribution in [0.3, 0.4) is 0 Å². The average molecular weight is 233 g/mol. The molecule has 1 fully saturated rings. The first-order valence-electron chi connectivity index (χ1n) is 6.72. The fourth-order valence-electron chi connectivity index (χ4n) is 2.68. The van der Waals surface area contributed by atoms with Crippen molar-refractivity contribution < 1.29 is 4.74 Å². The highest BCUT2D eigenvalue weighted by Crippen LogP contribution is 2.30. The molecule has 2 rings (SSSR count). The third-order valence-electron chi connectivity index (χ3n) is 3.73. The Bertz CT molecular complexity index is 354. The molecule has 0 amide bonds. The number of ether oxygens (including phenoxy) is 1. The van der Waals surface area contributed by atoms with E-state index in [4.69, 9.17) is 4.74 Å². The van der Waals surface area contributed by atoms with Crippen LogP contribution in [0.2, 0.25) is 0 Å². The molecule has 0 saturated carbocycles. The molecular weight excluding hydrogens is 210 g/mol. The lowest BCUT2D eigenvalue weighted by Gasteiger charge is -2.16. The van der Waals surface area contributed by atoms with Crippen molar-refractivity contribution >= 4 is 0 Å². The van der Waals surface area contributed by atoms with Crippen LogP contribution >= 0.6 is 0 Å². The van der Waals surface area contributed by atoms with Gasteiger partial charge in [0.2, 0.25) is 0 Å². The summed E-state index contributed by atoms with van der Waals surface area (Å²) in [4.78, 5) is 0. The van der Waals surface area contributed by atoms with Crippen LogP contribution in [0, 0.1) is 0 Å². The Hall–Kier alpha value is -1.02. The first-order chi connectivity index (χ1) is 8.35. The summed E-state index contributed by atoms with van der Waals surface area (Å²) in [7, 11) is 1.75. The van der Waals surface area contributed by atoms with Crippen molar-refractivity contribution in [1.82, 2.24) is 5.32 Å². The topological polar surface area (TPSA) is 21.3 Å². The highest BCUT2D eigenvalue weighted by molar-refractivity contribution is 5.38. The van der Waals surface area contributed by atoms with Gasteiger partial charge in [-0.05, 0) is 61.9 Å². The van der Waals surface area contributed by atoms with Gasteiger partial charge in [-0.3, -0.25) is 0 Å². The van der Waals surface area contributed by atoms with Crippen molar-refractivity contribution in [2.45, 2.75) is 38.5 Å². The molecule has 1 unspecified atom stereocenters. The normalized spacial score (nSPS) is 20.9. The van der Waals surface area contributed by atoms with Gasteiger partial charge in [0, 0.05) is 0 Å². The fraction of sp³-hybridized carbons (Fsp3) is 0.600. The van der Waals surface area contributed by atoms with Crippen molar-refractivity contribution in [3.05, 3.63) is 29.3 Å². The Morgan fingerprint density at radius 2 is 2.18 bits per heavy atom. The van der Waals surface area contributed by atoms with Gasteiger partial charge >= 0.3 is 0 Å². The largest absolute Gasteiger partial charge is 0.496 e. The molecule has 2 heteroatoms. The predicted molar refractivity (Wildman–Crippen MR) is 71.8 cm³/mol. The minimum absolute atomic E-state index is 0.723. The summed E-state index contributed by atoms with van der Waals surface area (Å²) < 4.78 is 5.39. The first kappa shape index (κ1) is 12.4. The zero-order valence-electron chi connectivity index (χ0n) is 11.0. The zero-order chi connectivity index (χ0) is 12.1. The van der Waals surface area contributed by atoms with Gasteiger partial charge in [0.05, 0.1) is 7.11 Å². The number of nitrogens with one attached hydrogen (secondary N) is 1. The molecule has 1 N–H and O–H groups in total. The quantitative estimate of drug-likeness (QED) is 0.866. The molecule has 0 radical (unpaired) electrons. The second-order valence-corrected chi connectivity index (χ2v) is 4.80. The molecule has 94 valence electrons. The molecule has 0 bridgehead atoms. The SMILES string of the molecule is CCc1cc(C2CCCNCC2)ccc1OC. The van der Waals surface area contributed by atoms with E-state index in [-0.39, 0.29) is 0 Å². The Balaban J connectivity index is 2.19. The summed E-state index contributed by atoms with van der Waals surface area (Å²) in [5, 5.41) is 3.47. The van der Waals surface area contributed by atoms with Crippen molar-refractivity contribution in [1.29, 1.82) is 0 Å². The Kier molecular flexibility index (Phi) is 4.43. The van der Waals surface area contributed by atoms with Gasteiger partial charge in [-0.25, -0.2) is 0 Å². The van der Waals surface area contributed by atoms with Crippen molar-refractivity contribution in [2.24, 2.45) is 0 Å². The Labute approximate surface area is 104 Å². The van der Waals surface area contributed by atoms with E-state index in [1.807, 2.05) is 0 Å². The molecular formula is C15H23NO. The number of rotatable bonds is 3. The standard InChI is InChI=1S/C15H23NO/c1-3-12-11-14(6-7-15(12)17-2)13-5-4-9-16-10-8-13/h6-7,11,13,16H,3-5,8-10H2,1-2H3. The van der Waals surface area contributed by atoms with Crippen LogP contribution in [0.5, 0.6) is 5.75 Å². The maximum absolute atomic E-state index is 5.39. The van der Waals surface area contributed by atoms with Crippen LogP contribution in [-0.4, -0.2) is 20.2 Å². The lowest BCUT2D eigenvalue weighted by atomic mass is 9.90. The summed E-state index contributed by atoms with van der Waals surface area (Å²) in [6.45, 7) is 4.52. The molecule has 1 saturated heterocycles. The van der Waals surface area contributed by atoms with Gasteiger partial charge in [0.25, 0.3) is 0 Å². The van der Waals surface area contributed by atoms with Crippen LogP contribution < -0.4 is 10.1 Å². The van der Waals surface area contributed by atoms with Gasteiger partial charge in [0.1, 0.15) is 5.75 Å². The summed E-state index contributed by atoms with van der Waals surface area (Å²) in [6, 6.07) is 6.72. The van der Waals surface area contributed by atoms with Crippen LogP contribution in [-0.2, 0) is 6.42 Å². The second-order valence-electron chi connectivity index (χ2n) is 4.80. The van der Waals surface area contributed by atoms with Gasteiger partial charge in [0.15, 0.2) is 0 Å². The average Bonchev–Trinajstić information content (AvgIpc) is 2.66. The van der Waals surface area contributed by atoms with Gasteiger partial charge in [-0.1, -0.05) is 19.1 Å². The molecule has 1 aromatic rings. The molecule has 1 aliphatic rings. The Morgan fingerprint density at radius 3 is 2.94 bits per heavy atom. The first-order valence-corrected chi connectivity index (χ1v) is 6.72. The van der Waals surface area contributed by atoms with Gasteiger partial charge < -0.3 is 10.1 Å². The van der Waals surface area contributed by atoms with E-state index in [1.165, 1.54) is 36.9 Å². The maximum atomic E-state index is 5.39. The van der Waals surface area contributed by atoms with E-state index < -0.39 is 0 Å². The summed E-state index contributed by atoms with van der Waals surface area (Å²) in [6.07, 6.45) is 4.90. The molecule has 1 atom stereocenters. The minimum atomic E-state index is 0.723. The number of aryl methyl sites for hydroxylation is 1. The van der Waals surface area contributed by atoms with E-state index in [1.54, 1.807) is 7.11 Å². The smallest absolute Gasteiger partial charge is 0.122 e. The minimum Gasteiger partial charge on any atom is -0.496 e. The highest BCUT2D eigenvalue weighted by Gasteiger charge is 2.15. The molecule has 2 nitrogen and oxygen atoms in total. The lowest BCUT2D eigenvalue weighted by molar-refractivity contribution is 0.409. The molecule has 17 heavy (non-hydrogen) atoms. The Morgan fingerprint density at radius 1 is 1.29 bits per heavy atom. The van der Waals surface area contributed by atoms with Crippen LogP contribution in [0.15, 0.2) is 18.2 Å². The number of benzene rings is 1. The number of hydrogen-bond acceptors (Lipinski definition) is 2. The van der Waals surface area contributed by atoms with Crippen LogP contribution in [0.25, 0.3) is 0 Å². The molecule has 1 aliphatic heterocycles. The van der Waals surface area contributed by atoms with Gasteiger partial charge in [-0.15, -0.1) is 0 Å². The zero-order valence-corrected chi connectivity index (χ0v) is 11.0. The predicted octanol–water partition coefficient (Wildman–Crippen LogP) is 3.11. The molecule has 0 spiro atoms. The summed E-state index contributed by atoms with van der Waals surface area (Å²) in [5.41, 5.74) is 2.83. The lowest BCUT2D eigenvalue weighted by Crippen LogP contribution is -2.13. The van der Waals surface area contributed by atoms with Crippen LogP contribution in [0.4, 0.5) is 0 Å². The summed E-state index contributed by atoms with van der Waals surface area (Å²) >= 11 is 0. The third-order valence-corrected chi connectivity index (χ3v) is 3.73. The van der Waals surface area contributed by atoms with Gasteiger partial charge in [-0.2, -0.15) is 0 Å². The third kappa shape index (κ3) is 3.01. The van der Waals surface area contributed by atoms with E-state index in [9.17, 15) is 0 Å². The fourth-order valence-corrected chi connectivity index (χ4v) is 2.68. The monoisotopic (exact) mass is 233 g/mol. The molecule has 1 heterocycles. The van der Waals surface area contributed by atoms with Crippen LogP contribution in [0.1, 0.15) is 43.2 Å². The van der Waals surface area contributed by atoms with E-state index in [2.05, 4.69) is 30.4 Å². The van der Waals surface area contributed by atoms with Crippen molar-refractivity contribution in [3.8, 4) is 5.75 Å². The molecule has 0 aromatic heterocycles. The molecule has 0 aliphatic carbocycles. The summed E-state index contributed by atoms with van der Waals surface area (Å²) in [5.74, 6) is 1.75.